The van der Waals surface area contributed by atoms with Gasteiger partial charge in [-0.3, -0.25) is 0 Å². The fraction of sp³-hybridized carbons (Fsp3) is 0.115. The summed E-state index contributed by atoms with van der Waals surface area (Å²) >= 11 is -1.72. The van der Waals surface area contributed by atoms with Gasteiger partial charge < -0.3 is 18.1 Å². The van der Waals surface area contributed by atoms with Crippen molar-refractivity contribution >= 4 is 66.1 Å². The third kappa shape index (κ3) is 21.8. The van der Waals surface area contributed by atoms with Crippen molar-refractivity contribution in [2.75, 3.05) is 0 Å². The Labute approximate surface area is 325 Å². The standard InChI is InChI=1S/C12H11N3O2S.C5H7N3.C5H3N3.C4H4N2.Al.BH.4ClH.U.H2/c1-10-4-6-12(7-5-10)18(16,17)15-11(9-13)3-2-8-14-15;2*6-4-5-2-1-3-7-8-5;1-2-4-6-5-3-1;;;;;;;;/h2-8,11H,1H3;1-3H,4,6H2;1-3H;1-4H;;5*1H;;1H/q;;;;+3;;;;;;;/p-3/i;;;;;1D;;;;;;. The minimum atomic E-state index is -3.78. The van der Waals surface area contributed by atoms with Crippen LogP contribution in [0.25, 0.3) is 0 Å². The van der Waals surface area contributed by atoms with Gasteiger partial charge in [0.2, 0.25) is 0 Å². The number of hydrazone groups is 1. The van der Waals surface area contributed by atoms with E-state index in [1.165, 1.54) is 30.6 Å². The van der Waals surface area contributed by atoms with Crippen LogP contribution in [-0.2, 0) is 16.6 Å². The van der Waals surface area contributed by atoms with Crippen LogP contribution in [0.15, 0.2) is 108 Å². The predicted molar refractivity (Wildman–Crippen MR) is 177 cm³/mol. The smallest absolute Gasteiger partial charge is 0.643 e. The summed E-state index contributed by atoms with van der Waals surface area (Å²) in [7, 11) is 14.8. The Morgan fingerprint density at radius 3 is 1.85 bits per heavy atom. The van der Waals surface area contributed by atoms with Gasteiger partial charge >= 0.3 is 11.4 Å². The van der Waals surface area contributed by atoms with E-state index in [2.05, 4.69) is 49.8 Å². The number of aromatic nitrogens is 6. The van der Waals surface area contributed by atoms with E-state index in [0.29, 0.717) is 12.2 Å². The summed E-state index contributed by atoms with van der Waals surface area (Å²) in [6.07, 6.45) is 10.8. The molecule has 0 fully saturated rings. The Kier molecular flexibility index (Phi) is 29.2. The molecule has 3 N–H and O–H groups in total. The van der Waals surface area contributed by atoms with E-state index in [9.17, 15) is 8.42 Å². The molecule has 13 nitrogen and oxygen atoms in total. The summed E-state index contributed by atoms with van der Waals surface area (Å²) in [6.45, 7) is 2.59. The molecule has 21 heteroatoms. The number of rotatable bonds is 3. The van der Waals surface area contributed by atoms with Crippen molar-refractivity contribution in [1.29, 1.82) is 11.9 Å². The zero-order chi connectivity index (χ0) is 34.6. The molecule has 1 atom stereocenters. The first-order valence-electron chi connectivity index (χ1n) is 12.8. The van der Waals surface area contributed by atoms with Crippen LogP contribution in [0.2, 0.25) is 0 Å². The van der Waals surface area contributed by atoms with Crippen molar-refractivity contribution in [1.82, 2.24) is 35.0 Å². The van der Waals surface area contributed by atoms with Crippen molar-refractivity contribution in [3.05, 3.63) is 115 Å². The molecule has 2 radical (unpaired) electrons. The molecule has 0 aliphatic carbocycles. The van der Waals surface area contributed by atoms with E-state index in [1.807, 2.05) is 43.3 Å². The Bertz CT molecular complexity index is 1590. The molecule has 5 rings (SSSR count). The van der Waals surface area contributed by atoms with Crippen LogP contribution in [0, 0.1) is 60.7 Å². The van der Waals surface area contributed by atoms with Crippen LogP contribution in [0.1, 0.15) is 18.4 Å². The second kappa shape index (κ2) is 29.5. The molecule has 0 spiro atoms. The van der Waals surface area contributed by atoms with Crippen molar-refractivity contribution in [2.45, 2.75) is 24.4 Å². The first-order valence-corrected chi connectivity index (χ1v) is 18.9. The number of allylic oxidation sites excluding steroid dienone is 1. The topological polar surface area (TPSA) is 202 Å². The molecule has 4 aromatic rings. The molecule has 0 bridgehead atoms. The SMILES string of the molecule is Cc1ccc(S(=O)(=O)N2N=CC=CC2C#N)cc1.N#Cc1cccnn1.[2H][B].[Cl-].[Cl][Al]([Cl])[Cl].[HH].[NH3+]Cc1cccnn1.[U].c1ccnnc1. The molecular weight excluding hydrogens is 948 g/mol. The van der Waals surface area contributed by atoms with Crippen molar-refractivity contribution < 1.29 is 59.1 Å². The van der Waals surface area contributed by atoms with Gasteiger partial charge in [0.05, 0.1) is 11.0 Å². The zero-order valence-electron chi connectivity index (χ0n) is 25.7. The van der Waals surface area contributed by atoms with E-state index >= 15 is 0 Å². The maximum absolute atomic E-state index is 12.3. The van der Waals surface area contributed by atoms with Crippen LogP contribution < -0.4 is 18.1 Å². The molecule has 0 saturated heterocycles. The summed E-state index contributed by atoms with van der Waals surface area (Å²) in [5.74, 6) is 0. The van der Waals surface area contributed by atoms with Crippen molar-refractivity contribution in [3.8, 4) is 12.1 Å². The normalized spacial score (nSPS) is 11.8. The summed E-state index contributed by atoms with van der Waals surface area (Å²) in [6, 6.07) is 20.0. The summed E-state index contributed by atoms with van der Waals surface area (Å²) in [5.41, 5.74) is 5.91. The van der Waals surface area contributed by atoms with Crippen LogP contribution in [0.3, 0.4) is 0 Å². The largest absolute Gasteiger partial charge is 1.00 e. The second-order valence-corrected chi connectivity index (χ2v) is 15.9. The average Bonchev–Trinajstić information content (AvgIpc) is 3.11. The number of sulfonamides is 1. The molecule has 1 aromatic carbocycles. The number of nitrogens with zero attached hydrogens (tertiary/aromatic N) is 10. The second-order valence-electron chi connectivity index (χ2n) is 7.66. The molecule has 1 aliphatic heterocycles. The molecule has 1 aliphatic rings. The summed E-state index contributed by atoms with van der Waals surface area (Å²) in [4.78, 5) is 0.126. The maximum Gasteiger partial charge on any atom is 0.643 e. The first kappa shape index (κ1) is 46.5. The van der Waals surface area contributed by atoms with Gasteiger partial charge in [0.1, 0.15) is 18.3 Å². The third-order valence-corrected chi connectivity index (χ3v) is 6.23. The molecule has 0 saturated carbocycles. The van der Waals surface area contributed by atoms with Crippen LogP contribution in [-0.4, -0.2) is 76.8 Å². The fourth-order valence-corrected chi connectivity index (χ4v) is 3.90. The minimum absolute atomic E-state index is 0. The van der Waals surface area contributed by atoms with Crippen LogP contribution >= 0.6 is 30.1 Å². The van der Waals surface area contributed by atoms with Gasteiger partial charge in [-0.2, -0.15) is 48.9 Å². The molecule has 0 amide bonds. The molecular formula is C26H29AlBCl4N11O2SU. The third-order valence-electron chi connectivity index (χ3n) is 4.55. The van der Waals surface area contributed by atoms with Gasteiger partial charge in [0, 0.05) is 71.9 Å². The van der Waals surface area contributed by atoms with Gasteiger partial charge in [-0.1, -0.05) is 17.7 Å². The first-order chi connectivity index (χ1) is 22.1. The number of hydrogen-bond acceptors (Lipinski definition) is 11. The van der Waals surface area contributed by atoms with Gasteiger partial charge in [0.15, 0.2) is 11.7 Å². The zero-order valence-corrected chi connectivity index (χ0v) is 33.8. The minimum Gasteiger partial charge on any atom is -1.00 e. The van der Waals surface area contributed by atoms with Gasteiger partial charge in [-0.05, 0) is 68.9 Å². The molecule has 4 heterocycles. The average molecular weight is 978 g/mol. The van der Waals surface area contributed by atoms with E-state index in [4.69, 9.17) is 42.0 Å². The molecule has 1 unspecified atom stereocenters. The van der Waals surface area contributed by atoms with E-state index in [-0.39, 0.29) is 49.8 Å². The van der Waals surface area contributed by atoms with E-state index in [0.717, 1.165) is 15.7 Å². The Morgan fingerprint density at radius 2 is 1.49 bits per heavy atom. The Hall–Kier alpha value is -2.63. The summed E-state index contributed by atoms with van der Waals surface area (Å²) < 4.78 is 30.7. The number of nitriles is 2. The van der Waals surface area contributed by atoms with Gasteiger partial charge in [0.25, 0.3) is 10.0 Å². The summed E-state index contributed by atoms with van der Waals surface area (Å²) in [5, 5.41) is 42.4. The van der Waals surface area contributed by atoms with Crippen LogP contribution in [0.5, 0.6) is 0 Å². The van der Waals surface area contributed by atoms with E-state index < -0.39 is 27.4 Å². The quantitative estimate of drug-likeness (QED) is 0.268. The van der Waals surface area contributed by atoms with Gasteiger partial charge in [-0.15, -0.1) is 10.2 Å². The van der Waals surface area contributed by atoms with Crippen LogP contribution in [0.4, 0.5) is 0 Å². The Balaban J connectivity index is -0.000000277. The number of aryl methyl sites for hydroxylation is 1. The number of quaternary nitrogens is 1. The predicted octanol–water partition coefficient (Wildman–Crippen LogP) is -0.234. The molecule has 47 heavy (non-hydrogen) atoms. The molecule has 3 aromatic heterocycles. The van der Waals surface area contributed by atoms with E-state index in [1.54, 1.807) is 48.9 Å². The maximum atomic E-state index is 12.3. The van der Waals surface area contributed by atoms with Crippen molar-refractivity contribution in [2.24, 2.45) is 5.10 Å². The number of halogens is 4. The van der Waals surface area contributed by atoms with Crippen molar-refractivity contribution in [3.63, 3.8) is 0 Å². The Morgan fingerprint density at radius 1 is 0.957 bits per heavy atom. The fourth-order valence-electron chi connectivity index (χ4n) is 2.61. The molecule has 244 valence electrons. The monoisotopic (exact) mass is 976 g/mol. The number of hydrogen-bond donors (Lipinski definition) is 1. The van der Waals surface area contributed by atoms with Gasteiger partial charge in [-0.25, -0.2) is 30.1 Å². The number of benzene rings is 1.